The standard InChI is InChI=1S/C26H26N4O4/c1-18-8-7-9-19(14-18)29-26(33)27-15-24(32)30(20-10-3-2-4-11-20)16-22(31)25-21-12-5-6-13-23(21)34-17-28-25/h2-14,25,28H,15-17H2,1H3,(H2,27,29,33). The lowest BCUT2D eigenvalue weighted by Gasteiger charge is -2.29. The van der Waals surface area contributed by atoms with Crippen LogP contribution in [0.15, 0.2) is 78.9 Å². The molecule has 8 nitrogen and oxygen atoms in total. The first-order valence-corrected chi connectivity index (χ1v) is 11.0. The number of nitrogens with zero attached hydrogens (tertiary/aromatic N) is 1. The fourth-order valence-electron chi connectivity index (χ4n) is 3.78. The Balaban J connectivity index is 1.44. The lowest BCUT2D eigenvalue weighted by atomic mass is 10.00. The van der Waals surface area contributed by atoms with Gasteiger partial charge in [-0.25, -0.2) is 4.79 Å². The van der Waals surface area contributed by atoms with Crippen LogP contribution in [0.5, 0.6) is 5.75 Å². The van der Waals surface area contributed by atoms with Crippen molar-refractivity contribution in [2.24, 2.45) is 0 Å². The first-order valence-electron chi connectivity index (χ1n) is 11.0. The summed E-state index contributed by atoms with van der Waals surface area (Å²) in [5.74, 6) is 0.0585. The molecule has 34 heavy (non-hydrogen) atoms. The van der Waals surface area contributed by atoms with E-state index in [4.69, 9.17) is 4.74 Å². The van der Waals surface area contributed by atoms with Crippen LogP contribution in [0.25, 0.3) is 0 Å². The molecule has 4 rings (SSSR count). The van der Waals surface area contributed by atoms with Crippen LogP contribution in [-0.4, -0.2) is 37.5 Å². The van der Waals surface area contributed by atoms with Gasteiger partial charge in [-0.2, -0.15) is 0 Å². The number of fused-ring (bicyclic) bond motifs is 1. The zero-order valence-corrected chi connectivity index (χ0v) is 18.8. The van der Waals surface area contributed by atoms with Crippen molar-refractivity contribution in [1.82, 2.24) is 10.6 Å². The smallest absolute Gasteiger partial charge is 0.319 e. The molecule has 0 bridgehead atoms. The molecule has 1 heterocycles. The van der Waals surface area contributed by atoms with E-state index >= 15 is 0 Å². The van der Waals surface area contributed by atoms with E-state index in [9.17, 15) is 14.4 Å². The molecule has 8 heteroatoms. The topological polar surface area (TPSA) is 99.8 Å². The van der Waals surface area contributed by atoms with Crippen LogP contribution in [-0.2, 0) is 9.59 Å². The Labute approximate surface area is 197 Å². The zero-order valence-electron chi connectivity index (χ0n) is 18.8. The normalized spacial score (nSPS) is 14.3. The zero-order chi connectivity index (χ0) is 23.9. The maximum Gasteiger partial charge on any atom is 0.319 e. The van der Waals surface area contributed by atoms with Crippen LogP contribution < -0.4 is 25.6 Å². The summed E-state index contributed by atoms with van der Waals surface area (Å²) in [6.45, 7) is 1.70. The highest BCUT2D eigenvalue weighted by atomic mass is 16.5. The summed E-state index contributed by atoms with van der Waals surface area (Å²) >= 11 is 0. The van der Waals surface area contributed by atoms with E-state index in [1.165, 1.54) is 4.90 Å². The number of para-hydroxylation sites is 2. The number of aryl methyl sites for hydroxylation is 1. The maximum absolute atomic E-state index is 13.2. The summed E-state index contributed by atoms with van der Waals surface area (Å²) < 4.78 is 5.56. The van der Waals surface area contributed by atoms with Gasteiger partial charge in [-0.15, -0.1) is 0 Å². The maximum atomic E-state index is 13.2. The van der Waals surface area contributed by atoms with Crippen molar-refractivity contribution in [2.75, 3.05) is 30.0 Å². The van der Waals surface area contributed by atoms with Gasteiger partial charge in [-0.3, -0.25) is 14.9 Å². The minimum Gasteiger partial charge on any atom is -0.478 e. The van der Waals surface area contributed by atoms with Gasteiger partial charge >= 0.3 is 6.03 Å². The van der Waals surface area contributed by atoms with Gasteiger partial charge in [0.1, 0.15) is 12.5 Å². The van der Waals surface area contributed by atoms with Crippen LogP contribution in [0.4, 0.5) is 16.2 Å². The number of carbonyl (C=O) groups excluding carboxylic acids is 3. The number of carbonyl (C=O) groups is 3. The number of benzene rings is 3. The largest absolute Gasteiger partial charge is 0.478 e. The Kier molecular flexibility index (Phi) is 7.19. The SMILES string of the molecule is Cc1cccc(NC(=O)NCC(=O)N(CC(=O)C2NCOc3ccccc32)c2ccccc2)c1. The highest BCUT2D eigenvalue weighted by Crippen LogP contribution is 2.29. The van der Waals surface area contributed by atoms with E-state index in [0.717, 1.165) is 11.1 Å². The molecule has 174 valence electrons. The van der Waals surface area contributed by atoms with Crippen LogP contribution in [0, 0.1) is 6.92 Å². The average Bonchev–Trinajstić information content (AvgIpc) is 2.86. The predicted molar refractivity (Wildman–Crippen MR) is 130 cm³/mol. The van der Waals surface area contributed by atoms with Gasteiger partial charge in [0.15, 0.2) is 5.78 Å². The fraction of sp³-hybridized carbons (Fsp3) is 0.192. The van der Waals surface area contributed by atoms with E-state index < -0.39 is 18.0 Å². The third-order valence-electron chi connectivity index (χ3n) is 5.43. The molecule has 0 saturated heterocycles. The molecule has 0 fully saturated rings. The molecule has 3 aromatic carbocycles. The molecule has 1 aliphatic rings. The van der Waals surface area contributed by atoms with E-state index in [0.29, 0.717) is 17.1 Å². The fourth-order valence-corrected chi connectivity index (χ4v) is 3.78. The Morgan fingerprint density at radius 2 is 1.76 bits per heavy atom. The Hall–Kier alpha value is -4.17. The second-order valence-electron chi connectivity index (χ2n) is 7.92. The summed E-state index contributed by atoms with van der Waals surface area (Å²) in [5.41, 5.74) is 2.94. The lowest BCUT2D eigenvalue weighted by Crippen LogP contribution is -2.46. The Morgan fingerprint density at radius 1 is 1.00 bits per heavy atom. The monoisotopic (exact) mass is 458 g/mol. The third kappa shape index (κ3) is 5.60. The number of hydrogen-bond acceptors (Lipinski definition) is 5. The number of anilines is 2. The summed E-state index contributed by atoms with van der Waals surface area (Å²) in [5, 5.41) is 8.35. The molecule has 3 aromatic rings. The van der Waals surface area contributed by atoms with Crippen molar-refractivity contribution in [1.29, 1.82) is 0 Å². The van der Waals surface area contributed by atoms with Gasteiger partial charge in [0.25, 0.3) is 0 Å². The number of hydrogen-bond donors (Lipinski definition) is 3. The van der Waals surface area contributed by atoms with Crippen LogP contribution in [0.1, 0.15) is 17.2 Å². The number of ether oxygens (including phenoxy) is 1. The first kappa shape index (κ1) is 23.0. The number of urea groups is 1. The second-order valence-corrected chi connectivity index (χ2v) is 7.92. The number of nitrogens with one attached hydrogen (secondary N) is 3. The quantitative estimate of drug-likeness (QED) is 0.504. The molecule has 0 spiro atoms. The molecule has 3 N–H and O–H groups in total. The van der Waals surface area contributed by atoms with Crippen molar-refractivity contribution >= 4 is 29.1 Å². The number of Topliss-reactive ketones (excluding diaryl/α,β-unsaturated/α-hetero) is 1. The van der Waals surface area contributed by atoms with Crippen LogP contribution in [0.2, 0.25) is 0 Å². The molecule has 0 saturated carbocycles. The molecular weight excluding hydrogens is 432 g/mol. The Morgan fingerprint density at radius 3 is 2.56 bits per heavy atom. The van der Waals surface area contributed by atoms with Gasteiger partial charge in [0, 0.05) is 16.9 Å². The molecule has 0 aromatic heterocycles. The number of amides is 3. The highest BCUT2D eigenvalue weighted by molar-refractivity contribution is 6.03. The van der Waals surface area contributed by atoms with Crippen molar-refractivity contribution in [3.05, 3.63) is 90.0 Å². The molecular formula is C26H26N4O4. The van der Waals surface area contributed by atoms with E-state index in [1.807, 2.05) is 55.5 Å². The van der Waals surface area contributed by atoms with Crippen molar-refractivity contribution in [3.63, 3.8) is 0 Å². The summed E-state index contributed by atoms with van der Waals surface area (Å²) in [4.78, 5) is 40.0. The van der Waals surface area contributed by atoms with Gasteiger partial charge in [-0.05, 0) is 42.8 Å². The average molecular weight is 459 g/mol. The van der Waals surface area contributed by atoms with Crippen LogP contribution >= 0.6 is 0 Å². The van der Waals surface area contributed by atoms with E-state index in [1.54, 1.807) is 30.3 Å². The van der Waals surface area contributed by atoms with Crippen LogP contribution in [0.3, 0.4) is 0 Å². The number of rotatable bonds is 7. The molecule has 1 aliphatic heterocycles. The van der Waals surface area contributed by atoms with Crippen molar-refractivity contribution in [3.8, 4) is 5.75 Å². The van der Waals surface area contributed by atoms with Gasteiger partial charge in [0.2, 0.25) is 5.91 Å². The summed E-state index contributed by atoms with van der Waals surface area (Å²) in [6.07, 6.45) is 0. The highest BCUT2D eigenvalue weighted by Gasteiger charge is 2.30. The van der Waals surface area contributed by atoms with Gasteiger partial charge in [-0.1, -0.05) is 48.5 Å². The minimum atomic E-state index is -0.596. The minimum absolute atomic E-state index is 0.157. The van der Waals surface area contributed by atoms with E-state index in [2.05, 4.69) is 16.0 Å². The van der Waals surface area contributed by atoms with Gasteiger partial charge < -0.3 is 20.3 Å². The molecule has 0 radical (unpaired) electrons. The van der Waals surface area contributed by atoms with Gasteiger partial charge in [0.05, 0.1) is 19.1 Å². The third-order valence-corrected chi connectivity index (χ3v) is 5.43. The lowest BCUT2D eigenvalue weighted by molar-refractivity contribution is -0.123. The van der Waals surface area contributed by atoms with E-state index in [-0.39, 0.29) is 25.6 Å². The molecule has 3 amide bonds. The molecule has 1 atom stereocenters. The molecule has 0 aliphatic carbocycles. The first-order chi connectivity index (χ1) is 16.5. The molecule has 1 unspecified atom stereocenters. The predicted octanol–water partition coefficient (Wildman–Crippen LogP) is 3.40. The Bertz CT molecular complexity index is 1180. The van der Waals surface area contributed by atoms with Crippen molar-refractivity contribution in [2.45, 2.75) is 13.0 Å². The summed E-state index contributed by atoms with van der Waals surface area (Å²) in [7, 11) is 0. The summed E-state index contributed by atoms with van der Waals surface area (Å²) in [6, 6.07) is 22.5. The number of ketones is 1. The van der Waals surface area contributed by atoms with Crippen molar-refractivity contribution < 1.29 is 19.1 Å². The second kappa shape index (κ2) is 10.6.